The summed E-state index contributed by atoms with van der Waals surface area (Å²) in [4.78, 5) is 30.9. The lowest BCUT2D eigenvalue weighted by Gasteiger charge is -2.26. The Morgan fingerprint density at radius 3 is 2.65 bits per heavy atom. The number of rotatable bonds is 10. The molecule has 0 unspecified atom stereocenters. The van der Waals surface area contributed by atoms with Crippen molar-refractivity contribution in [3.8, 4) is 5.75 Å². The van der Waals surface area contributed by atoms with Crippen molar-refractivity contribution in [1.82, 2.24) is 24.4 Å². The number of methoxy groups -OCH3 is 1. The number of amides is 2. The molecule has 2 atom stereocenters. The standard InChI is InChI=1S/C26H32ClN7O5S/c1-15-10-22(40(37,38)32-19-13-24(36)33(3)25(19)20-6-9-30-34(20)4)26(29-14-15)28-8-7-23(35)31-18-11-16(2)17(27)12-21(18)39-5/h6,9-12,14,19,25,32H,7-8,13H2,1-5H3,(H,28,29)(H,31,35)/t19-,25-/m1/s1. The van der Waals surface area contributed by atoms with Crippen molar-refractivity contribution in [2.45, 2.75) is 43.7 Å². The van der Waals surface area contributed by atoms with Crippen LogP contribution in [0, 0.1) is 13.8 Å². The van der Waals surface area contributed by atoms with Gasteiger partial charge in [0, 0.05) is 57.0 Å². The quantitative estimate of drug-likeness (QED) is 0.327. The van der Waals surface area contributed by atoms with Gasteiger partial charge in [-0.1, -0.05) is 11.6 Å². The lowest BCUT2D eigenvalue weighted by molar-refractivity contribution is -0.127. The minimum atomic E-state index is -4.11. The van der Waals surface area contributed by atoms with Gasteiger partial charge in [0.2, 0.25) is 21.8 Å². The molecule has 214 valence electrons. The molecule has 1 aromatic carbocycles. The number of ether oxygens (including phenoxy) is 1. The number of likely N-dealkylation sites (N-methyl/N-ethyl adjacent to an activating group) is 1. The van der Waals surface area contributed by atoms with Crippen LogP contribution in [0.4, 0.5) is 11.5 Å². The number of carbonyl (C=O) groups excluding carboxylic acids is 2. The molecular formula is C26H32ClN7O5S. The third-order valence-corrected chi connectivity index (χ3v) is 8.64. The first-order valence-electron chi connectivity index (χ1n) is 12.5. The molecule has 0 radical (unpaired) electrons. The summed E-state index contributed by atoms with van der Waals surface area (Å²) in [5.41, 5.74) is 2.61. The lowest BCUT2D eigenvalue weighted by Crippen LogP contribution is -2.40. The third kappa shape index (κ3) is 6.21. The highest BCUT2D eigenvalue weighted by Crippen LogP contribution is 2.33. The largest absolute Gasteiger partial charge is 0.495 e. The fourth-order valence-corrected chi connectivity index (χ4v) is 6.25. The van der Waals surface area contributed by atoms with E-state index < -0.39 is 22.1 Å². The Hall–Kier alpha value is -3.68. The monoisotopic (exact) mass is 589 g/mol. The van der Waals surface area contributed by atoms with E-state index in [4.69, 9.17) is 16.3 Å². The second-order valence-corrected chi connectivity index (χ2v) is 11.7. The molecule has 0 aliphatic carbocycles. The van der Waals surface area contributed by atoms with Crippen LogP contribution in [0.3, 0.4) is 0 Å². The molecule has 1 aliphatic heterocycles. The first-order chi connectivity index (χ1) is 18.9. The molecule has 1 saturated heterocycles. The highest BCUT2D eigenvalue weighted by Gasteiger charge is 2.42. The molecule has 0 bridgehead atoms. The molecule has 3 N–H and O–H groups in total. The SMILES string of the molecule is COc1cc(Cl)c(C)cc1NC(=O)CCNc1ncc(C)cc1S(=O)(=O)N[C@@H]1CC(=O)N(C)[C@H]1c1ccnn1C. The van der Waals surface area contributed by atoms with E-state index in [1.54, 1.807) is 50.1 Å². The van der Waals surface area contributed by atoms with Gasteiger partial charge < -0.3 is 20.3 Å². The first-order valence-corrected chi connectivity index (χ1v) is 14.4. The topological polar surface area (TPSA) is 148 Å². The molecule has 14 heteroatoms. The Morgan fingerprint density at radius 1 is 1.23 bits per heavy atom. The van der Waals surface area contributed by atoms with Crippen LogP contribution in [0.25, 0.3) is 0 Å². The zero-order chi connectivity index (χ0) is 29.2. The molecule has 1 fully saturated rings. The van der Waals surface area contributed by atoms with Crippen LogP contribution >= 0.6 is 11.6 Å². The molecule has 40 heavy (non-hydrogen) atoms. The summed E-state index contributed by atoms with van der Waals surface area (Å²) in [5, 5.41) is 10.4. The Kier molecular flexibility index (Phi) is 8.66. The molecule has 3 heterocycles. The van der Waals surface area contributed by atoms with Gasteiger partial charge in [-0.25, -0.2) is 18.1 Å². The molecule has 1 aliphatic rings. The number of halogens is 1. The Balaban J connectivity index is 1.48. The van der Waals surface area contributed by atoms with E-state index >= 15 is 0 Å². The highest BCUT2D eigenvalue weighted by molar-refractivity contribution is 7.89. The van der Waals surface area contributed by atoms with Gasteiger partial charge in [-0.15, -0.1) is 0 Å². The van der Waals surface area contributed by atoms with Gasteiger partial charge in [-0.3, -0.25) is 14.3 Å². The van der Waals surface area contributed by atoms with Gasteiger partial charge in [0.05, 0.1) is 30.6 Å². The predicted octanol–water partition coefficient (Wildman–Crippen LogP) is 2.78. The van der Waals surface area contributed by atoms with Gasteiger partial charge >= 0.3 is 0 Å². The smallest absolute Gasteiger partial charge is 0.244 e. The van der Waals surface area contributed by atoms with Crippen LogP contribution < -0.4 is 20.1 Å². The number of likely N-dealkylation sites (tertiary alicyclic amines) is 1. The number of anilines is 2. The first kappa shape index (κ1) is 29.3. The van der Waals surface area contributed by atoms with Crippen molar-refractivity contribution in [1.29, 1.82) is 0 Å². The fraction of sp³-hybridized carbons (Fsp3) is 0.385. The number of hydrogen-bond acceptors (Lipinski definition) is 8. The van der Waals surface area contributed by atoms with Crippen molar-refractivity contribution in [3.63, 3.8) is 0 Å². The number of hydrogen-bond donors (Lipinski definition) is 3. The van der Waals surface area contributed by atoms with Crippen LogP contribution in [0.2, 0.25) is 5.02 Å². The molecule has 2 aromatic heterocycles. The van der Waals surface area contributed by atoms with E-state index in [1.807, 2.05) is 6.92 Å². The summed E-state index contributed by atoms with van der Waals surface area (Å²) in [6.07, 6.45) is 3.16. The van der Waals surface area contributed by atoms with Crippen LogP contribution in [0.1, 0.15) is 35.7 Å². The third-order valence-electron chi connectivity index (χ3n) is 6.73. The van der Waals surface area contributed by atoms with E-state index in [2.05, 4.69) is 25.4 Å². The minimum Gasteiger partial charge on any atom is -0.495 e. The molecule has 0 saturated carbocycles. The summed E-state index contributed by atoms with van der Waals surface area (Å²) >= 11 is 6.14. The number of carbonyl (C=O) groups is 2. The zero-order valence-corrected chi connectivity index (χ0v) is 24.4. The maximum absolute atomic E-state index is 13.6. The van der Waals surface area contributed by atoms with Crippen molar-refractivity contribution in [3.05, 3.63) is 58.5 Å². The van der Waals surface area contributed by atoms with Crippen LogP contribution in [-0.4, -0.2) is 66.6 Å². The average Bonchev–Trinajstić information content (AvgIpc) is 3.42. The summed E-state index contributed by atoms with van der Waals surface area (Å²) in [7, 11) is 0.752. The number of aryl methyl sites for hydroxylation is 3. The predicted molar refractivity (Wildman–Crippen MR) is 151 cm³/mol. The Labute approximate surface area is 238 Å². The lowest BCUT2D eigenvalue weighted by atomic mass is 10.1. The van der Waals surface area contributed by atoms with Crippen LogP contribution in [-0.2, 0) is 26.7 Å². The van der Waals surface area contributed by atoms with E-state index in [0.29, 0.717) is 27.7 Å². The number of aromatic nitrogens is 3. The number of nitrogens with one attached hydrogen (secondary N) is 3. The number of benzene rings is 1. The molecule has 12 nitrogen and oxygen atoms in total. The van der Waals surface area contributed by atoms with E-state index in [1.165, 1.54) is 24.3 Å². The van der Waals surface area contributed by atoms with Gasteiger partial charge in [0.15, 0.2) is 0 Å². The Bertz CT molecular complexity index is 1540. The maximum atomic E-state index is 13.6. The average molecular weight is 590 g/mol. The second-order valence-electron chi connectivity index (χ2n) is 9.65. The molecule has 0 spiro atoms. The van der Waals surface area contributed by atoms with E-state index in [9.17, 15) is 18.0 Å². The van der Waals surface area contributed by atoms with Crippen molar-refractivity contribution < 1.29 is 22.7 Å². The zero-order valence-electron chi connectivity index (χ0n) is 22.9. The van der Waals surface area contributed by atoms with E-state index in [0.717, 1.165) is 5.56 Å². The minimum absolute atomic E-state index is 0.00138. The summed E-state index contributed by atoms with van der Waals surface area (Å²) in [6.45, 7) is 3.66. The summed E-state index contributed by atoms with van der Waals surface area (Å²) < 4.78 is 36.8. The van der Waals surface area contributed by atoms with Gasteiger partial charge in [-0.2, -0.15) is 5.10 Å². The number of pyridine rings is 1. The molecule has 3 aromatic rings. The normalized spacial score (nSPS) is 17.2. The maximum Gasteiger partial charge on any atom is 0.244 e. The van der Waals surface area contributed by atoms with Gasteiger partial charge in [0.25, 0.3) is 0 Å². The summed E-state index contributed by atoms with van der Waals surface area (Å²) in [6, 6.07) is 5.36. The fourth-order valence-electron chi connectivity index (χ4n) is 4.63. The molecular weight excluding hydrogens is 558 g/mol. The summed E-state index contributed by atoms with van der Waals surface area (Å²) in [5.74, 6) is 0.0319. The van der Waals surface area contributed by atoms with Crippen molar-refractivity contribution in [2.75, 3.05) is 31.3 Å². The van der Waals surface area contributed by atoms with Gasteiger partial charge in [0.1, 0.15) is 16.5 Å². The van der Waals surface area contributed by atoms with Crippen molar-refractivity contribution in [2.24, 2.45) is 7.05 Å². The number of nitrogens with zero attached hydrogens (tertiary/aromatic N) is 4. The molecule has 4 rings (SSSR count). The van der Waals surface area contributed by atoms with Crippen LogP contribution in [0.5, 0.6) is 5.75 Å². The molecule has 2 amide bonds. The number of sulfonamides is 1. The van der Waals surface area contributed by atoms with Crippen molar-refractivity contribution >= 4 is 44.9 Å². The second kappa shape index (κ2) is 11.8. The Morgan fingerprint density at radius 2 is 1.98 bits per heavy atom. The van der Waals surface area contributed by atoms with Crippen LogP contribution in [0.15, 0.2) is 41.6 Å². The van der Waals surface area contributed by atoms with Gasteiger partial charge in [-0.05, 0) is 43.2 Å². The highest BCUT2D eigenvalue weighted by atomic mass is 35.5. The van der Waals surface area contributed by atoms with E-state index in [-0.39, 0.29) is 41.9 Å².